The summed E-state index contributed by atoms with van der Waals surface area (Å²) in [5.41, 5.74) is 8.30. The van der Waals surface area contributed by atoms with Gasteiger partial charge in [-0.25, -0.2) is 0 Å². The van der Waals surface area contributed by atoms with E-state index in [4.69, 9.17) is 0 Å². The molecule has 2 heterocycles. The zero-order valence-electron chi connectivity index (χ0n) is 21.4. The minimum Gasteiger partial charge on any atom is -0.386 e. The number of para-hydroxylation sites is 1. The Labute approximate surface area is 216 Å². The van der Waals surface area contributed by atoms with E-state index in [0.29, 0.717) is 0 Å². The Hall–Kier alpha value is -4.56. The van der Waals surface area contributed by atoms with Crippen molar-refractivity contribution in [1.29, 1.82) is 0 Å². The van der Waals surface area contributed by atoms with Gasteiger partial charge in [-0.1, -0.05) is 91.5 Å². The summed E-state index contributed by atoms with van der Waals surface area (Å²) in [6.07, 6.45) is 8.26. The topological polar surface area (TPSA) is 16.4 Å². The molecule has 0 fully saturated rings. The van der Waals surface area contributed by atoms with Crippen LogP contribution in [0, 0.1) is 6.92 Å². The minimum atomic E-state index is 0.992. The highest BCUT2D eigenvalue weighted by Gasteiger charge is 2.24. The first kappa shape index (κ1) is 21.7. The molecule has 0 spiro atoms. The van der Waals surface area contributed by atoms with E-state index in [-0.39, 0.29) is 0 Å². The maximum atomic E-state index is 4.51. The van der Waals surface area contributed by atoms with Crippen LogP contribution in [0.3, 0.4) is 0 Å². The second-order valence-electron chi connectivity index (χ2n) is 9.88. The highest BCUT2D eigenvalue weighted by Crippen LogP contribution is 2.48. The molecule has 0 saturated carbocycles. The van der Waals surface area contributed by atoms with E-state index < -0.39 is 0 Å². The first-order valence-electron chi connectivity index (χ1n) is 12.9. The third kappa shape index (κ3) is 2.87. The van der Waals surface area contributed by atoms with Crippen LogP contribution in [0.5, 0.6) is 0 Å². The quantitative estimate of drug-likeness (QED) is 0.250. The summed E-state index contributed by atoms with van der Waals surface area (Å²) in [4.78, 5) is 0. The Bertz CT molecular complexity index is 2100. The summed E-state index contributed by atoms with van der Waals surface area (Å²) in [5, 5.41) is 13.8. The number of aryl methyl sites for hydroxylation is 1. The van der Waals surface area contributed by atoms with E-state index in [9.17, 15) is 0 Å². The molecule has 0 bridgehead atoms. The largest absolute Gasteiger partial charge is 0.386 e. The van der Waals surface area contributed by atoms with E-state index in [1.54, 1.807) is 0 Å². The number of allylic oxidation sites excluding steroid dienone is 5. The van der Waals surface area contributed by atoms with Crippen LogP contribution in [0.4, 0.5) is 5.69 Å². The van der Waals surface area contributed by atoms with Crippen LogP contribution < -0.4 is 5.32 Å². The first-order valence-corrected chi connectivity index (χ1v) is 12.9. The number of rotatable bonds is 4. The summed E-state index contributed by atoms with van der Waals surface area (Å²) in [6.45, 7) is 8.74. The second kappa shape index (κ2) is 7.97. The molecule has 7 aromatic rings. The molecular formula is C35H28N2. The molecule has 0 aliphatic heterocycles. The van der Waals surface area contributed by atoms with E-state index >= 15 is 0 Å². The maximum Gasteiger partial charge on any atom is 0.0786 e. The van der Waals surface area contributed by atoms with Crippen LogP contribution in [0.2, 0.25) is 0 Å². The molecule has 37 heavy (non-hydrogen) atoms. The highest BCUT2D eigenvalue weighted by atomic mass is 15.0. The molecule has 0 amide bonds. The number of fused-ring (bicyclic) bond motifs is 9. The Balaban J connectivity index is 1.77. The van der Waals surface area contributed by atoms with Gasteiger partial charge >= 0.3 is 0 Å². The lowest BCUT2D eigenvalue weighted by Gasteiger charge is -2.17. The van der Waals surface area contributed by atoms with Crippen LogP contribution in [0.1, 0.15) is 18.1 Å². The molecule has 1 N–H and O–H groups in total. The smallest absolute Gasteiger partial charge is 0.0786 e. The van der Waals surface area contributed by atoms with E-state index in [1.165, 1.54) is 65.2 Å². The zero-order valence-corrected chi connectivity index (χ0v) is 21.4. The van der Waals surface area contributed by atoms with Gasteiger partial charge in [-0.2, -0.15) is 0 Å². The Morgan fingerprint density at radius 1 is 0.784 bits per heavy atom. The van der Waals surface area contributed by atoms with Gasteiger partial charge in [0.25, 0.3) is 0 Å². The fraction of sp³-hybridized carbons (Fsp3) is 0.0857. The van der Waals surface area contributed by atoms with Gasteiger partial charge in [-0.3, -0.25) is 0 Å². The predicted octanol–water partition coefficient (Wildman–Crippen LogP) is 9.64. The minimum absolute atomic E-state index is 0.992. The second-order valence-corrected chi connectivity index (χ2v) is 9.88. The average Bonchev–Trinajstić information content (AvgIpc) is 3.43. The first-order chi connectivity index (χ1) is 18.1. The van der Waals surface area contributed by atoms with Gasteiger partial charge in [0.15, 0.2) is 0 Å². The van der Waals surface area contributed by atoms with Gasteiger partial charge in [0, 0.05) is 34.2 Å². The third-order valence-electron chi connectivity index (χ3n) is 7.86. The van der Waals surface area contributed by atoms with Crippen molar-refractivity contribution in [3.05, 3.63) is 115 Å². The summed E-state index contributed by atoms with van der Waals surface area (Å²) in [5.74, 6) is 0. The lowest BCUT2D eigenvalue weighted by Crippen LogP contribution is -1.99. The number of hydrogen-bond donors (Lipinski definition) is 1. The number of nitrogens with zero attached hydrogens (tertiary/aromatic N) is 1. The van der Waals surface area contributed by atoms with Gasteiger partial charge in [-0.15, -0.1) is 0 Å². The molecular weight excluding hydrogens is 448 g/mol. The van der Waals surface area contributed by atoms with Crippen LogP contribution in [-0.4, -0.2) is 11.4 Å². The molecule has 0 aliphatic rings. The van der Waals surface area contributed by atoms with Crippen molar-refractivity contribution in [3.8, 4) is 0 Å². The Kier molecular flexibility index (Phi) is 4.68. The van der Waals surface area contributed by atoms with Gasteiger partial charge in [0.1, 0.15) is 0 Å². The van der Waals surface area contributed by atoms with E-state index in [1.807, 2.05) is 26.1 Å². The Morgan fingerprint density at radius 3 is 2.35 bits per heavy atom. The number of anilines is 1. The predicted molar refractivity (Wildman–Crippen MR) is 163 cm³/mol. The van der Waals surface area contributed by atoms with Crippen molar-refractivity contribution in [2.24, 2.45) is 0 Å². The van der Waals surface area contributed by atoms with Crippen LogP contribution in [0.15, 0.2) is 104 Å². The van der Waals surface area contributed by atoms with Gasteiger partial charge in [0.2, 0.25) is 0 Å². The number of hydrogen-bond acceptors (Lipinski definition) is 1. The molecule has 5 aromatic carbocycles. The zero-order chi connectivity index (χ0) is 25.3. The van der Waals surface area contributed by atoms with E-state index in [0.717, 1.165) is 16.8 Å². The van der Waals surface area contributed by atoms with Crippen LogP contribution in [0.25, 0.3) is 65.2 Å². The van der Waals surface area contributed by atoms with Crippen molar-refractivity contribution in [1.82, 2.24) is 4.40 Å². The van der Waals surface area contributed by atoms with Gasteiger partial charge in [-0.05, 0) is 58.7 Å². The summed E-state index contributed by atoms with van der Waals surface area (Å²) >= 11 is 0. The van der Waals surface area contributed by atoms with Crippen LogP contribution in [-0.2, 0) is 0 Å². The van der Waals surface area contributed by atoms with E-state index in [2.05, 4.69) is 108 Å². The fourth-order valence-corrected chi connectivity index (χ4v) is 6.29. The monoisotopic (exact) mass is 476 g/mol. The molecule has 178 valence electrons. The molecule has 0 unspecified atom stereocenters. The molecule has 2 heteroatoms. The number of nitrogens with one attached hydrogen (secondary N) is 1. The fourth-order valence-electron chi connectivity index (χ4n) is 6.29. The van der Waals surface area contributed by atoms with Crippen molar-refractivity contribution < 1.29 is 0 Å². The number of aromatic nitrogens is 1. The van der Waals surface area contributed by atoms with Gasteiger partial charge in [0.05, 0.1) is 22.2 Å². The standard InChI is InChI=1S/C35H28N2/c1-5-6-7-12-22(3)31-24-15-8-9-16-25(24)32-27-18-11-17-26-29-19-23-14-10-13-21(2)28(23)20-30(29)37(34(26)27)35(32)33(31)36-4/h5-20,36H,3H2,1-2,4H3/b6-5-,12-7-. The molecule has 0 saturated heterocycles. The Morgan fingerprint density at radius 2 is 1.54 bits per heavy atom. The van der Waals surface area contributed by atoms with Gasteiger partial charge < -0.3 is 9.72 Å². The molecule has 0 atom stereocenters. The van der Waals surface area contributed by atoms with Crippen molar-refractivity contribution in [2.45, 2.75) is 13.8 Å². The number of benzene rings is 5. The lowest BCUT2D eigenvalue weighted by atomic mass is 9.92. The average molecular weight is 477 g/mol. The molecule has 0 aliphatic carbocycles. The van der Waals surface area contributed by atoms with Crippen LogP contribution >= 0.6 is 0 Å². The van der Waals surface area contributed by atoms with Crippen molar-refractivity contribution >= 4 is 70.9 Å². The summed E-state index contributed by atoms with van der Waals surface area (Å²) in [6, 6.07) is 26.8. The lowest BCUT2D eigenvalue weighted by molar-refractivity contribution is 1.36. The SMILES string of the molecule is C=C(/C=C\C=C/C)c1c(NC)c2c(c3ccccc13)c1cccc3c4cc5cccc(C)c5cc4n2c31. The van der Waals surface area contributed by atoms with Crippen molar-refractivity contribution in [2.75, 3.05) is 12.4 Å². The van der Waals surface area contributed by atoms with Crippen molar-refractivity contribution in [3.63, 3.8) is 0 Å². The summed E-state index contributed by atoms with van der Waals surface area (Å²) in [7, 11) is 2.03. The molecule has 2 nitrogen and oxygen atoms in total. The maximum absolute atomic E-state index is 4.51. The third-order valence-corrected chi connectivity index (χ3v) is 7.86. The molecule has 2 aromatic heterocycles. The normalized spacial score (nSPS) is 12.6. The summed E-state index contributed by atoms with van der Waals surface area (Å²) < 4.78 is 2.49. The highest BCUT2D eigenvalue weighted by molar-refractivity contribution is 6.33. The molecule has 7 rings (SSSR count). The molecule has 0 radical (unpaired) electrons.